The van der Waals surface area contributed by atoms with E-state index in [0.29, 0.717) is 0 Å². The Kier molecular flexibility index (Phi) is 7.60. The molecular formula is C24H18CoN5-3. The summed E-state index contributed by atoms with van der Waals surface area (Å²) in [6.07, 6.45) is 18.8. The van der Waals surface area contributed by atoms with E-state index >= 15 is 0 Å². The van der Waals surface area contributed by atoms with E-state index in [9.17, 15) is 0 Å². The smallest absolute Gasteiger partial charge is 0.0813 e. The number of hydrogen-bond acceptors (Lipinski definition) is 3. The maximum Gasteiger partial charge on any atom is -0.0813 e. The molecule has 151 valence electrons. The van der Waals surface area contributed by atoms with Crippen LogP contribution in [-0.4, -0.2) is 26.3 Å². The molecule has 2 aliphatic heterocycles. The summed E-state index contributed by atoms with van der Waals surface area (Å²) < 4.78 is 0. The molecule has 2 aliphatic rings. The third-order valence-corrected chi connectivity index (χ3v) is 4.11. The normalized spacial score (nSPS) is 17.6. The minimum Gasteiger partial charge on any atom is -0.394 e. The monoisotopic (exact) mass is 435 g/mol. The molecule has 5 nitrogen and oxygen atoms in total. The second-order valence-electron chi connectivity index (χ2n) is 6.07. The Morgan fingerprint density at radius 1 is 1.00 bits per heavy atom. The van der Waals surface area contributed by atoms with Crippen LogP contribution >= 0.6 is 0 Å². The van der Waals surface area contributed by atoms with Crippen molar-refractivity contribution in [3.05, 3.63) is 120 Å². The van der Waals surface area contributed by atoms with Crippen molar-refractivity contribution in [2.45, 2.75) is 0 Å². The molecule has 0 bridgehead atoms. The van der Waals surface area contributed by atoms with Gasteiger partial charge in [-0.2, -0.15) is 18.2 Å². The first-order valence-corrected chi connectivity index (χ1v) is 9.58. The summed E-state index contributed by atoms with van der Waals surface area (Å²) >= 11 is 4.14. The molecule has 0 spiro atoms. The van der Waals surface area contributed by atoms with Gasteiger partial charge >= 0.3 is 118 Å². The SMILES string of the molecule is [CH-]=CC([NH-])=Cc1ccc(C=C2C=CC(C=C3C=CC([CH]=[Co])=N3)=N2)[nH]1.[c-]1ccccn1. The zero-order chi connectivity index (χ0) is 21.2. The molecule has 0 aromatic carbocycles. The summed E-state index contributed by atoms with van der Waals surface area (Å²) in [6, 6.07) is 9.33. The predicted molar refractivity (Wildman–Crippen MR) is 120 cm³/mol. The van der Waals surface area contributed by atoms with Gasteiger partial charge in [-0.15, -0.1) is 6.08 Å². The minimum absolute atomic E-state index is 0.256. The average Bonchev–Trinajstić information content (AvgIpc) is 3.52. The summed E-state index contributed by atoms with van der Waals surface area (Å²) in [6.45, 7) is 5.30. The van der Waals surface area contributed by atoms with Gasteiger partial charge in [0, 0.05) is 0 Å². The number of allylic oxidation sites excluding steroid dienone is 6. The van der Waals surface area contributed by atoms with Crippen LogP contribution in [0, 0.1) is 12.8 Å². The predicted octanol–water partition coefficient (Wildman–Crippen LogP) is 4.87. The molecule has 2 aromatic rings. The van der Waals surface area contributed by atoms with E-state index in [1.54, 1.807) is 23.3 Å². The van der Waals surface area contributed by atoms with E-state index in [0.717, 1.165) is 34.2 Å². The van der Waals surface area contributed by atoms with Gasteiger partial charge in [0.05, 0.1) is 0 Å². The Hall–Kier alpha value is -3.61. The Labute approximate surface area is 183 Å². The van der Waals surface area contributed by atoms with Gasteiger partial charge in [0.15, 0.2) is 0 Å². The van der Waals surface area contributed by atoms with Crippen LogP contribution in [0.4, 0.5) is 0 Å². The van der Waals surface area contributed by atoms with Crippen molar-refractivity contribution in [2.75, 3.05) is 0 Å². The van der Waals surface area contributed by atoms with E-state index in [1.165, 1.54) is 6.08 Å². The van der Waals surface area contributed by atoms with Gasteiger partial charge in [0.1, 0.15) is 0 Å². The van der Waals surface area contributed by atoms with Gasteiger partial charge in [0.25, 0.3) is 0 Å². The van der Waals surface area contributed by atoms with Gasteiger partial charge in [-0.05, 0) is 0 Å². The maximum absolute atomic E-state index is 7.54. The summed E-state index contributed by atoms with van der Waals surface area (Å²) in [4.78, 5) is 17.4. The summed E-state index contributed by atoms with van der Waals surface area (Å²) in [5.74, 6) is 0. The molecule has 0 fully saturated rings. The van der Waals surface area contributed by atoms with Crippen molar-refractivity contribution in [3.8, 4) is 0 Å². The second kappa shape index (κ2) is 10.8. The number of aromatic nitrogens is 2. The zero-order valence-electron chi connectivity index (χ0n) is 15.9. The molecule has 0 radical (unpaired) electrons. The van der Waals surface area contributed by atoms with E-state index in [4.69, 9.17) is 12.3 Å². The van der Waals surface area contributed by atoms with Crippen LogP contribution in [0.1, 0.15) is 11.4 Å². The zero-order valence-corrected chi connectivity index (χ0v) is 17.0. The Morgan fingerprint density at radius 3 is 2.33 bits per heavy atom. The van der Waals surface area contributed by atoms with Crippen LogP contribution in [0.3, 0.4) is 0 Å². The molecule has 0 aliphatic carbocycles. The summed E-state index contributed by atoms with van der Waals surface area (Å²) in [5, 5.41) is 0. The minimum atomic E-state index is 0.256. The third kappa shape index (κ3) is 6.47. The molecule has 30 heavy (non-hydrogen) atoms. The number of aromatic amines is 1. The number of hydrogen-bond donors (Lipinski definition) is 1. The van der Waals surface area contributed by atoms with Crippen molar-refractivity contribution in [1.82, 2.24) is 9.97 Å². The summed E-state index contributed by atoms with van der Waals surface area (Å²) in [5.41, 5.74) is 12.9. The van der Waals surface area contributed by atoms with Crippen LogP contribution < -0.4 is 0 Å². The molecule has 4 rings (SSSR count). The van der Waals surface area contributed by atoms with Crippen molar-refractivity contribution < 1.29 is 15.3 Å². The fraction of sp³-hybridized carbons (Fsp3) is 0. The topological polar surface area (TPSA) is 77.2 Å². The van der Waals surface area contributed by atoms with Gasteiger partial charge in [-0.1, -0.05) is 12.4 Å². The number of nitrogens with zero attached hydrogens (tertiary/aromatic N) is 3. The molecule has 2 aromatic heterocycles. The third-order valence-electron chi connectivity index (χ3n) is 3.80. The number of nitrogens with one attached hydrogen (secondary N) is 2. The first-order chi connectivity index (χ1) is 14.7. The molecular weight excluding hydrogens is 417 g/mol. The number of rotatable bonds is 5. The summed E-state index contributed by atoms with van der Waals surface area (Å²) in [7, 11) is 0. The molecule has 4 heterocycles. The van der Waals surface area contributed by atoms with Gasteiger partial charge in [0.2, 0.25) is 0 Å². The van der Waals surface area contributed by atoms with Crippen molar-refractivity contribution in [1.29, 1.82) is 0 Å². The fourth-order valence-electron chi connectivity index (χ4n) is 2.49. The second-order valence-corrected chi connectivity index (χ2v) is 6.37. The Balaban J connectivity index is 0.000000367. The van der Waals surface area contributed by atoms with E-state index in [1.807, 2.05) is 60.7 Å². The first-order valence-electron chi connectivity index (χ1n) is 8.98. The molecule has 0 unspecified atom stereocenters. The van der Waals surface area contributed by atoms with Crippen LogP contribution in [0.15, 0.2) is 100 Å². The van der Waals surface area contributed by atoms with E-state index < -0.39 is 0 Å². The maximum atomic E-state index is 7.54. The van der Waals surface area contributed by atoms with E-state index in [2.05, 4.69) is 41.5 Å². The standard InChI is InChI=1S/C19H14N4.C5H4N.Co/c1-3-14(20)10-15-6-7-18(22-15)12-19-9-8-17(23-19)11-16-5-4-13(2)21-16;1-2-4-6-5-3-1;/h1-12,20,22H;1-4H;/q-2;-1;. The van der Waals surface area contributed by atoms with Crippen LogP contribution in [0.5, 0.6) is 0 Å². The number of H-pyrrole nitrogens is 1. The van der Waals surface area contributed by atoms with Crippen molar-refractivity contribution in [3.63, 3.8) is 0 Å². The van der Waals surface area contributed by atoms with Gasteiger partial charge in [-0.25, -0.2) is 0 Å². The van der Waals surface area contributed by atoms with E-state index in [-0.39, 0.29) is 5.70 Å². The molecule has 0 saturated heterocycles. The molecule has 6 heteroatoms. The van der Waals surface area contributed by atoms with Crippen LogP contribution in [-0.2, 0) is 15.3 Å². The van der Waals surface area contributed by atoms with Crippen molar-refractivity contribution in [2.24, 2.45) is 9.98 Å². The molecule has 0 amide bonds. The average molecular weight is 435 g/mol. The number of aliphatic imine (C=N–C) groups is 2. The molecule has 0 saturated carbocycles. The van der Waals surface area contributed by atoms with Gasteiger partial charge in [-0.3, -0.25) is 12.7 Å². The Morgan fingerprint density at radius 2 is 1.73 bits per heavy atom. The fourth-order valence-corrected chi connectivity index (χ4v) is 2.65. The van der Waals surface area contributed by atoms with Crippen molar-refractivity contribution >= 4 is 28.5 Å². The quantitative estimate of drug-likeness (QED) is 0.528. The largest absolute Gasteiger partial charge is 0.394 e. The molecule has 0 atom stereocenters. The van der Waals surface area contributed by atoms with Crippen LogP contribution in [0.25, 0.3) is 17.9 Å². The Bertz CT molecular complexity index is 1100. The van der Waals surface area contributed by atoms with Gasteiger partial charge < -0.3 is 16.4 Å². The number of pyridine rings is 1. The first kappa shape index (κ1) is 21.1. The molecule has 2 N–H and O–H groups in total. The van der Waals surface area contributed by atoms with Crippen LogP contribution in [0.2, 0.25) is 0 Å².